The topological polar surface area (TPSA) is 79.6 Å². The van der Waals surface area contributed by atoms with Crippen LogP contribution in [0.25, 0.3) is 11.5 Å². The fourth-order valence-electron chi connectivity index (χ4n) is 0.961. The predicted octanol–water partition coefficient (Wildman–Crippen LogP) is -0.386. The van der Waals surface area contributed by atoms with E-state index < -0.39 is 7.12 Å². The van der Waals surface area contributed by atoms with Crippen LogP contribution in [0.1, 0.15) is 0 Å². The largest absolute Gasteiger partial charge is 0.526 e. The molecule has 0 unspecified atom stereocenters. The molecule has 0 aromatic carbocycles. The molecule has 5 nitrogen and oxygen atoms in total. The van der Waals surface area contributed by atoms with Crippen molar-refractivity contribution in [2.45, 2.75) is 0 Å². The molecule has 0 aliphatic rings. The molecular weight excluding hydrogens is 173 g/mol. The van der Waals surface area contributed by atoms with Crippen LogP contribution in [0.4, 0.5) is 0 Å². The van der Waals surface area contributed by atoms with E-state index in [0.29, 0.717) is 11.5 Å². The number of nitrogens with zero attached hydrogens (tertiary/aromatic N) is 1. The Morgan fingerprint density at radius 2 is 2.08 bits per heavy atom. The van der Waals surface area contributed by atoms with Crippen LogP contribution in [0, 0.1) is 0 Å². The molecular formula is C7H6BNO4. The van der Waals surface area contributed by atoms with Gasteiger partial charge in [0.25, 0.3) is 0 Å². The first kappa shape index (κ1) is 8.09. The molecule has 0 bridgehead atoms. The Balaban J connectivity index is 2.33. The highest BCUT2D eigenvalue weighted by Crippen LogP contribution is 2.17. The van der Waals surface area contributed by atoms with Gasteiger partial charge in [0.2, 0.25) is 0 Å². The Morgan fingerprint density at radius 3 is 2.62 bits per heavy atom. The quantitative estimate of drug-likeness (QED) is 0.613. The van der Waals surface area contributed by atoms with Crippen molar-refractivity contribution in [3.05, 3.63) is 24.7 Å². The van der Waals surface area contributed by atoms with Crippen molar-refractivity contribution in [3.63, 3.8) is 0 Å². The number of hydrogen-bond donors (Lipinski definition) is 2. The predicted molar refractivity (Wildman–Crippen MR) is 44.0 cm³/mol. The number of aromatic nitrogens is 1. The fourth-order valence-corrected chi connectivity index (χ4v) is 0.961. The molecule has 13 heavy (non-hydrogen) atoms. The van der Waals surface area contributed by atoms with E-state index in [1.807, 2.05) is 0 Å². The zero-order valence-corrected chi connectivity index (χ0v) is 6.54. The van der Waals surface area contributed by atoms with Crippen LogP contribution in [0.3, 0.4) is 0 Å². The smallest absolute Gasteiger partial charge is 0.461 e. The summed E-state index contributed by atoms with van der Waals surface area (Å²) >= 11 is 0. The Kier molecular flexibility index (Phi) is 1.92. The molecule has 2 heterocycles. The van der Waals surface area contributed by atoms with Gasteiger partial charge in [-0.2, -0.15) is 0 Å². The first-order chi connectivity index (χ1) is 6.27. The summed E-state index contributed by atoms with van der Waals surface area (Å²) in [5.74, 6) is 0.868. The van der Waals surface area contributed by atoms with E-state index in [0.717, 1.165) is 0 Å². The first-order valence-corrected chi connectivity index (χ1v) is 3.62. The normalized spacial score (nSPS) is 10.3. The Morgan fingerprint density at radius 1 is 1.23 bits per heavy atom. The number of oxazole rings is 1. The fraction of sp³-hybridized carbons (Fsp3) is 0. The molecule has 0 aliphatic heterocycles. The van der Waals surface area contributed by atoms with Crippen molar-refractivity contribution in [3.8, 4) is 11.5 Å². The number of furan rings is 1. The van der Waals surface area contributed by atoms with Gasteiger partial charge in [-0.15, -0.1) is 0 Å². The molecule has 2 rings (SSSR count). The summed E-state index contributed by atoms with van der Waals surface area (Å²) in [7, 11) is -1.60. The molecule has 0 aliphatic carbocycles. The van der Waals surface area contributed by atoms with Crippen molar-refractivity contribution in [1.29, 1.82) is 0 Å². The lowest BCUT2D eigenvalue weighted by Gasteiger charge is -1.91. The maximum atomic E-state index is 8.75. The summed E-state index contributed by atoms with van der Waals surface area (Å²) in [5.41, 5.74) is 0.0754. The van der Waals surface area contributed by atoms with Crippen LogP contribution in [0.15, 0.2) is 33.6 Å². The maximum absolute atomic E-state index is 8.75. The molecule has 2 aromatic rings. The van der Waals surface area contributed by atoms with Crippen molar-refractivity contribution in [2.24, 2.45) is 0 Å². The molecule has 0 saturated heterocycles. The van der Waals surface area contributed by atoms with E-state index in [-0.39, 0.29) is 5.66 Å². The van der Waals surface area contributed by atoms with Crippen molar-refractivity contribution >= 4 is 12.8 Å². The van der Waals surface area contributed by atoms with E-state index in [2.05, 4.69) is 4.98 Å². The third-order valence-electron chi connectivity index (χ3n) is 1.56. The first-order valence-electron chi connectivity index (χ1n) is 3.62. The molecule has 0 saturated carbocycles. The summed E-state index contributed by atoms with van der Waals surface area (Å²) < 4.78 is 10.0. The van der Waals surface area contributed by atoms with Crippen molar-refractivity contribution in [2.75, 3.05) is 0 Å². The van der Waals surface area contributed by atoms with Gasteiger partial charge in [0.1, 0.15) is 5.66 Å². The summed E-state index contributed by atoms with van der Waals surface area (Å²) in [6, 6.07) is 3.04. The highest BCUT2D eigenvalue weighted by atomic mass is 16.4. The second-order valence-electron chi connectivity index (χ2n) is 2.44. The molecule has 2 aromatic heterocycles. The van der Waals surface area contributed by atoms with Crippen LogP contribution in [0.2, 0.25) is 0 Å². The maximum Gasteiger partial charge on any atom is 0.526 e. The second-order valence-corrected chi connectivity index (χ2v) is 2.44. The molecule has 66 valence electrons. The van der Waals surface area contributed by atoms with Crippen molar-refractivity contribution < 1.29 is 18.9 Å². The Labute approximate surface area is 73.8 Å². The van der Waals surface area contributed by atoms with Gasteiger partial charge in [-0.3, -0.25) is 0 Å². The van der Waals surface area contributed by atoms with Crippen LogP contribution < -0.4 is 5.66 Å². The third-order valence-corrected chi connectivity index (χ3v) is 1.56. The summed E-state index contributed by atoms with van der Waals surface area (Å²) in [4.78, 5) is 3.70. The van der Waals surface area contributed by atoms with Crippen LogP contribution in [-0.2, 0) is 0 Å². The van der Waals surface area contributed by atoms with Crippen molar-refractivity contribution in [1.82, 2.24) is 4.98 Å². The molecule has 2 N–H and O–H groups in total. The number of hydrogen-bond acceptors (Lipinski definition) is 5. The van der Waals surface area contributed by atoms with Gasteiger partial charge in [-0.25, -0.2) is 4.98 Å². The van der Waals surface area contributed by atoms with Crippen LogP contribution in [0.5, 0.6) is 0 Å². The lowest BCUT2D eigenvalue weighted by molar-refractivity contribution is 0.409. The van der Waals surface area contributed by atoms with Gasteiger partial charge in [0, 0.05) is 0 Å². The molecule has 0 fully saturated rings. The van der Waals surface area contributed by atoms with Crippen LogP contribution in [-0.4, -0.2) is 22.2 Å². The molecule has 0 amide bonds. The highest BCUT2D eigenvalue weighted by molar-refractivity contribution is 6.57. The van der Waals surface area contributed by atoms with Crippen LogP contribution >= 0.6 is 0 Å². The zero-order valence-electron chi connectivity index (χ0n) is 6.54. The van der Waals surface area contributed by atoms with Gasteiger partial charge >= 0.3 is 7.12 Å². The van der Waals surface area contributed by atoms with E-state index in [4.69, 9.17) is 18.9 Å². The average Bonchev–Trinajstić information content (AvgIpc) is 2.75. The lowest BCUT2D eigenvalue weighted by Crippen LogP contribution is -2.27. The average molecular weight is 179 g/mol. The highest BCUT2D eigenvalue weighted by Gasteiger charge is 2.17. The van der Waals surface area contributed by atoms with E-state index in [1.54, 1.807) is 6.07 Å². The summed E-state index contributed by atoms with van der Waals surface area (Å²) in [6.45, 7) is 0. The molecule has 0 radical (unpaired) electrons. The van der Waals surface area contributed by atoms with E-state index >= 15 is 0 Å². The minimum Gasteiger partial charge on any atom is -0.461 e. The second kappa shape index (κ2) is 3.08. The Bertz CT molecular complexity index is 381. The molecule has 6 heteroatoms. The zero-order chi connectivity index (χ0) is 9.26. The van der Waals surface area contributed by atoms with Gasteiger partial charge in [-0.05, 0) is 12.1 Å². The summed E-state index contributed by atoms with van der Waals surface area (Å²) in [5, 5.41) is 17.5. The monoisotopic (exact) mass is 179 g/mol. The SMILES string of the molecule is OB(O)c1ccc(-c2cnco2)o1. The minimum absolute atomic E-state index is 0.0754. The lowest BCUT2D eigenvalue weighted by atomic mass is 9.88. The number of rotatable bonds is 2. The standard InChI is InChI=1S/C7H6BNO4/c10-8(11)7-2-1-5(13-7)6-3-9-4-12-6/h1-4,10-11H. The van der Waals surface area contributed by atoms with E-state index in [1.165, 1.54) is 18.7 Å². The van der Waals surface area contributed by atoms with Gasteiger partial charge in [0.05, 0.1) is 6.20 Å². The Hall–Kier alpha value is -1.53. The molecule has 0 atom stereocenters. The van der Waals surface area contributed by atoms with Gasteiger partial charge in [-0.1, -0.05) is 0 Å². The van der Waals surface area contributed by atoms with Gasteiger partial charge < -0.3 is 18.9 Å². The minimum atomic E-state index is -1.60. The van der Waals surface area contributed by atoms with Gasteiger partial charge in [0.15, 0.2) is 17.9 Å². The summed E-state index contributed by atoms with van der Waals surface area (Å²) in [6.07, 6.45) is 2.75. The van der Waals surface area contributed by atoms with E-state index in [9.17, 15) is 0 Å². The molecule has 0 spiro atoms. The third kappa shape index (κ3) is 1.49.